The van der Waals surface area contributed by atoms with E-state index in [-0.39, 0.29) is 0 Å². The molecule has 14 aromatic rings. The van der Waals surface area contributed by atoms with Crippen LogP contribution in [0.3, 0.4) is 0 Å². The van der Waals surface area contributed by atoms with Crippen LogP contribution in [0, 0.1) is 0 Å². The summed E-state index contributed by atoms with van der Waals surface area (Å²) in [7, 11) is 0. The van der Waals surface area contributed by atoms with Crippen molar-refractivity contribution < 1.29 is 0 Å². The Bertz CT molecular complexity index is 5020. The number of azo groups is 1. The van der Waals surface area contributed by atoms with E-state index in [4.69, 9.17) is 10.2 Å². The van der Waals surface area contributed by atoms with Gasteiger partial charge in [0.25, 0.3) is 0 Å². The van der Waals surface area contributed by atoms with Gasteiger partial charge in [0.2, 0.25) is 0 Å². The Kier molecular flexibility index (Phi) is 25.0. The van der Waals surface area contributed by atoms with E-state index in [0.717, 1.165) is 194 Å². The molecule has 0 bridgehead atoms. The van der Waals surface area contributed by atoms with Crippen LogP contribution in [-0.4, -0.2) is 144 Å². The largest absolute Gasteiger partial charge is 0.298 e. The minimum atomic E-state index is 0.866. The lowest BCUT2D eigenvalue weighted by atomic mass is 10.1. The van der Waals surface area contributed by atoms with Crippen LogP contribution >= 0.6 is 0 Å². The van der Waals surface area contributed by atoms with Crippen LogP contribution in [0.15, 0.2) is 314 Å². The number of hydrogen-bond donors (Lipinski definition) is 0. The van der Waals surface area contributed by atoms with Gasteiger partial charge in [0.15, 0.2) is 0 Å². The van der Waals surface area contributed by atoms with Gasteiger partial charge >= 0.3 is 0 Å². The molecule has 2 fully saturated rings. The van der Waals surface area contributed by atoms with Gasteiger partial charge in [0.05, 0.1) is 11.4 Å². The summed E-state index contributed by atoms with van der Waals surface area (Å²) in [5, 5.41) is 25.4. The standard InChI is InChI=1S/C100H106N10/c1-7-23-93-65-81(29-39-87(93)17-1)73-105-53-15-55-109(77-85-33-43-91-21-5-11-27-97(91)69-85)63-61-107(75-83-31-41-89-19-3-9-25-95(89)67-83)51-13-49-103(57-59-105)71-79-35-45-99(46-36-79)101-102-100-47-37-80(38-48-100)72-104-50-14-52-108(76-84-32-42-90-20-4-10-26-96(90)68-84)62-64-110(78-86-34-44-92-22-6-12-28-98(92)70-86)56-16-54-106(60-58-104)74-82-30-40-88-18-2-8-24-94(88)66-82/h1-12,17-48,65-70H,13-16,49-64,71-78H2. The zero-order valence-electron chi connectivity index (χ0n) is 64.1. The van der Waals surface area contributed by atoms with Gasteiger partial charge in [-0.05, 0) is 248 Å². The van der Waals surface area contributed by atoms with Crippen molar-refractivity contribution in [3.05, 3.63) is 348 Å². The molecule has 556 valence electrons. The molecule has 2 saturated heterocycles. The van der Waals surface area contributed by atoms with Crippen molar-refractivity contribution in [1.29, 1.82) is 0 Å². The molecule has 0 N–H and O–H groups in total. The second kappa shape index (κ2) is 37.1. The fraction of sp³-hybridized carbons (Fsp3) is 0.280. The molecule has 2 aliphatic heterocycles. The average molecular weight is 1450 g/mol. The fourth-order valence-electron chi connectivity index (χ4n) is 16.9. The van der Waals surface area contributed by atoms with E-state index in [0.29, 0.717) is 0 Å². The fourth-order valence-corrected chi connectivity index (χ4v) is 16.9. The molecule has 0 spiro atoms. The molecule has 10 nitrogen and oxygen atoms in total. The van der Waals surface area contributed by atoms with Crippen LogP contribution in [0.5, 0.6) is 0 Å². The molecule has 0 radical (unpaired) electrons. The van der Waals surface area contributed by atoms with Crippen molar-refractivity contribution in [1.82, 2.24) is 39.2 Å². The SMILES string of the molecule is c1ccc2cc(CN3CCCN(Cc4ccc5ccccc5c4)CCN(Cc4ccc5ccccc5c4)CCCN(Cc4ccc(N=Nc5ccc(CN6CCCN(Cc7ccc8ccccc8c7)CCN(Cc7ccc8ccccc8c7)CCCN(Cc7ccc8ccccc8c7)CC6)cc5)cc4)CC3)ccc2c1. The van der Waals surface area contributed by atoms with Gasteiger partial charge in [0, 0.05) is 105 Å². The number of fused-ring (bicyclic) bond motifs is 6. The Hall–Kier alpha value is -10.1. The summed E-state index contributed by atoms with van der Waals surface area (Å²) in [5.41, 5.74) is 12.6. The average Bonchev–Trinajstić information content (AvgIpc) is 0.686. The molecule has 0 unspecified atom stereocenters. The molecule has 2 aliphatic rings. The van der Waals surface area contributed by atoms with Gasteiger partial charge in [-0.15, -0.1) is 0 Å². The predicted octanol–water partition coefficient (Wildman–Crippen LogP) is 21.2. The highest BCUT2D eigenvalue weighted by atomic mass is 15.2. The van der Waals surface area contributed by atoms with Crippen molar-refractivity contribution >= 4 is 76.0 Å². The first-order valence-electron chi connectivity index (χ1n) is 40.6. The Morgan fingerprint density at radius 2 is 0.309 bits per heavy atom. The molecule has 0 aliphatic carbocycles. The number of rotatable bonds is 18. The highest BCUT2D eigenvalue weighted by molar-refractivity contribution is 5.87. The highest BCUT2D eigenvalue weighted by Crippen LogP contribution is 2.27. The Labute approximate surface area is 652 Å². The molecule has 110 heavy (non-hydrogen) atoms. The summed E-state index contributed by atoms with van der Waals surface area (Å²) >= 11 is 0. The Balaban J connectivity index is 0.597. The molecular formula is C100H106N10. The topological polar surface area (TPSA) is 50.6 Å². The van der Waals surface area contributed by atoms with Crippen molar-refractivity contribution in [2.75, 3.05) is 105 Å². The second-order valence-corrected chi connectivity index (χ2v) is 31.2. The minimum Gasteiger partial charge on any atom is -0.298 e. The van der Waals surface area contributed by atoms with Crippen molar-refractivity contribution in [3.8, 4) is 0 Å². The monoisotopic (exact) mass is 1450 g/mol. The Morgan fingerprint density at radius 1 is 0.155 bits per heavy atom. The number of nitrogens with zero attached hydrogens (tertiary/aromatic N) is 10. The summed E-state index contributed by atoms with van der Waals surface area (Å²) in [4.78, 5) is 21.8. The maximum Gasteiger partial charge on any atom is 0.0857 e. The summed E-state index contributed by atoms with van der Waals surface area (Å²) in [6.45, 7) is 23.6. The zero-order valence-corrected chi connectivity index (χ0v) is 64.1. The van der Waals surface area contributed by atoms with Crippen LogP contribution < -0.4 is 0 Å². The van der Waals surface area contributed by atoms with Gasteiger partial charge in [-0.1, -0.05) is 243 Å². The minimum absolute atomic E-state index is 0.866. The lowest BCUT2D eigenvalue weighted by molar-refractivity contribution is 0.148. The predicted molar refractivity (Wildman–Crippen MR) is 461 cm³/mol. The smallest absolute Gasteiger partial charge is 0.0857 e. The van der Waals surface area contributed by atoms with Crippen LogP contribution in [0.2, 0.25) is 0 Å². The normalized spacial score (nSPS) is 16.7. The number of hydrogen-bond acceptors (Lipinski definition) is 10. The third kappa shape index (κ3) is 20.7. The van der Waals surface area contributed by atoms with Gasteiger partial charge in [-0.3, -0.25) is 39.2 Å². The molecule has 2 heterocycles. The van der Waals surface area contributed by atoms with Crippen LogP contribution in [0.25, 0.3) is 64.6 Å². The first-order chi connectivity index (χ1) is 54.3. The molecule has 10 heteroatoms. The van der Waals surface area contributed by atoms with E-state index in [1.807, 2.05) is 0 Å². The van der Waals surface area contributed by atoms with Gasteiger partial charge in [0.1, 0.15) is 0 Å². The van der Waals surface area contributed by atoms with Crippen molar-refractivity contribution in [3.63, 3.8) is 0 Å². The molecule has 0 saturated carbocycles. The second-order valence-electron chi connectivity index (χ2n) is 31.2. The van der Waals surface area contributed by atoms with Crippen LogP contribution in [-0.2, 0) is 52.4 Å². The molecular weight excluding hydrogens is 1340 g/mol. The maximum absolute atomic E-state index is 4.86. The van der Waals surface area contributed by atoms with E-state index in [1.54, 1.807) is 0 Å². The molecule has 16 rings (SSSR count). The zero-order chi connectivity index (χ0) is 73.9. The lowest BCUT2D eigenvalue weighted by Crippen LogP contribution is -2.40. The highest BCUT2D eigenvalue weighted by Gasteiger charge is 2.21. The summed E-state index contributed by atoms with van der Waals surface area (Å²) < 4.78 is 0. The molecule has 0 amide bonds. The van der Waals surface area contributed by atoms with Crippen molar-refractivity contribution in [2.45, 2.75) is 78.0 Å². The van der Waals surface area contributed by atoms with Crippen molar-refractivity contribution in [2.24, 2.45) is 10.2 Å². The first kappa shape index (κ1) is 74.0. The Morgan fingerprint density at radius 3 is 0.491 bits per heavy atom. The number of benzene rings is 14. The quantitative estimate of drug-likeness (QED) is 0.0788. The maximum atomic E-state index is 4.86. The van der Waals surface area contributed by atoms with E-state index in [1.165, 1.54) is 109 Å². The first-order valence-corrected chi connectivity index (χ1v) is 40.6. The molecule has 14 aromatic carbocycles. The van der Waals surface area contributed by atoms with E-state index < -0.39 is 0 Å². The van der Waals surface area contributed by atoms with E-state index >= 15 is 0 Å². The van der Waals surface area contributed by atoms with E-state index in [9.17, 15) is 0 Å². The van der Waals surface area contributed by atoms with Gasteiger partial charge < -0.3 is 0 Å². The van der Waals surface area contributed by atoms with Crippen LogP contribution in [0.1, 0.15) is 70.2 Å². The third-order valence-electron chi connectivity index (χ3n) is 23.0. The molecule has 0 atom stereocenters. The van der Waals surface area contributed by atoms with Gasteiger partial charge in [-0.2, -0.15) is 10.2 Å². The van der Waals surface area contributed by atoms with E-state index in [2.05, 4.69) is 343 Å². The third-order valence-corrected chi connectivity index (χ3v) is 23.0. The summed E-state index contributed by atoms with van der Waals surface area (Å²) in [5.74, 6) is 0. The van der Waals surface area contributed by atoms with Crippen LogP contribution in [0.4, 0.5) is 11.4 Å². The van der Waals surface area contributed by atoms with Gasteiger partial charge in [-0.25, -0.2) is 0 Å². The summed E-state index contributed by atoms with van der Waals surface area (Å²) in [6, 6.07) is 113. The summed E-state index contributed by atoms with van der Waals surface area (Å²) in [6.07, 6.45) is 4.36. The lowest BCUT2D eigenvalue weighted by Gasteiger charge is -2.32. The molecule has 0 aromatic heterocycles.